The van der Waals surface area contributed by atoms with Crippen LogP contribution in [0.25, 0.3) is 0 Å². The van der Waals surface area contributed by atoms with E-state index in [-0.39, 0.29) is 11.7 Å². The standard InChI is InChI=1S/C15H12BrFN2O/c1-10(11-6-3-5-9-14(11)17)18-19-15(20)12-7-2-4-8-13(12)16/h2-9H,1H3,(H,19,20)/b18-10-. The van der Waals surface area contributed by atoms with Gasteiger partial charge in [0.2, 0.25) is 0 Å². The maximum absolute atomic E-state index is 13.6. The number of hydrogen-bond acceptors (Lipinski definition) is 2. The fourth-order valence-electron chi connectivity index (χ4n) is 1.66. The summed E-state index contributed by atoms with van der Waals surface area (Å²) >= 11 is 3.29. The molecule has 1 N–H and O–H groups in total. The number of amides is 1. The monoisotopic (exact) mass is 334 g/mol. The molecule has 0 unspecified atom stereocenters. The van der Waals surface area contributed by atoms with Crippen LogP contribution in [0, 0.1) is 5.82 Å². The molecule has 2 aromatic rings. The Morgan fingerprint density at radius 1 is 1.10 bits per heavy atom. The van der Waals surface area contributed by atoms with Gasteiger partial charge in [0.05, 0.1) is 11.3 Å². The van der Waals surface area contributed by atoms with Gasteiger partial charge in [0.25, 0.3) is 5.91 Å². The summed E-state index contributed by atoms with van der Waals surface area (Å²) in [5, 5.41) is 3.93. The number of hydrogen-bond donors (Lipinski definition) is 1. The Hall–Kier alpha value is -2.01. The Labute approximate surface area is 124 Å². The first-order valence-corrected chi connectivity index (χ1v) is 6.73. The molecule has 0 aromatic heterocycles. The number of halogens is 2. The fourth-order valence-corrected chi connectivity index (χ4v) is 2.12. The molecule has 2 rings (SSSR count). The minimum Gasteiger partial charge on any atom is -0.267 e. The van der Waals surface area contributed by atoms with Crippen LogP contribution in [0.1, 0.15) is 22.8 Å². The average molecular weight is 335 g/mol. The summed E-state index contributed by atoms with van der Waals surface area (Å²) < 4.78 is 14.2. The zero-order chi connectivity index (χ0) is 14.5. The van der Waals surface area contributed by atoms with Crippen molar-refractivity contribution in [3.8, 4) is 0 Å². The quantitative estimate of drug-likeness (QED) is 0.674. The first-order chi connectivity index (χ1) is 9.59. The van der Waals surface area contributed by atoms with Gasteiger partial charge in [0.15, 0.2) is 0 Å². The lowest BCUT2D eigenvalue weighted by Crippen LogP contribution is -2.20. The number of carbonyl (C=O) groups is 1. The number of hydrazone groups is 1. The third kappa shape index (κ3) is 3.30. The van der Waals surface area contributed by atoms with Gasteiger partial charge < -0.3 is 0 Å². The minimum absolute atomic E-state index is 0.354. The molecule has 0 saturated heterocycles. The van der Waals surface area contributed by atoms with Gasteiger partial charge in [-0.3, -0.25) is 4.79 Å². The lowest BCUT2D eigenvalue weighted by molar-refractivity contribution is 0.0954. The van der Waals surface area contributed by atoms with Crippen molar-refractivity contribution in [1.29, 1.82) is 0 Å². The van der Waals surface area contributed by atoms with Crippen LogP contribution in [0.15, 0.2) is 58.1 Å². The SMILES string of the molecule is C/C(=N/NC(=O)c1ccccc1Br)c1ccccc1F. The van der Waals surface area contributed by atoms with E-state index in [1.165, 1.54) is 6.07 Å². The summed E-state index contributed by atoms with van der Waals surface area (Å²) in [5.41, 5.74) is 3.65. The lowest BCUT2D eigenvalue weighted by Gasteiger charge is -2.05. The Kier molecular flexibility index (Phi) is 4.63. The van der Waals surface area contributed by atoms with Crippen LogP contribution in [0.5, 0.6) is 0 Å². The summed E-state index contributed by atoms with van der Waals surface area (Å²) in [6, 6.07) is 13.3. The largest absolute Gasteiger partial charge is 0.272 e. The molecular weight excluding hydrogens is 323 g/mol. The van der Waals surface area contributed by atoms with E-state index in [1.54, 1.807) is 43.3 Å². The molecule has 1 amide bonds. The van der Waals surface area contributed by atoms with Crippen molar-refractivity contribution in [2.45, 2.75) is 6.92 Å². The van der Waals surface area contributed by atoms with Gasteiger partial charge in [-0.15, -0.1) is 0 Å². The zero-order valence-corrected chi connectivity index (χ0v) is 12.3. The highest BCUT2D eigenvalue weighted by Crippen LogP contribution is 2.15. The summed E-state index contributed by atoms with van der Waals surface area (Å²) in [6.07, 6.45) is 0. The van der Waals surface area contributed by atoms with E-state index in [0.29, 0.717) is 21.3 Å². The van der Waals surface area contributed by atoms with Crippen molar-refractivity contribution < 1.29 is 9.18 Å². The summed E-state index contributed by atoms with van der Waals surface area (Å²) in [6.45, 7) is 1.64. The van der Waals surface area contributed by atoms with Gasteiger partial charge in [-0.2, -0.15) is 5.10 Å². The first kappa shape index (κ1) is 14.4. The van der Waals surface area contributed by atoms with Crippen molar-refractivity contribution in [2.75, 3.05) is 0 Å². The Morgan fingerprint density at radius 3 is 2.35 bits per heavy atom. The summed E-state index contributed by atoms with van der Waals surface area (Å²) in [5.74, 6) is -0.725. The maximum atomic E-state index is 13.6. The summed E-state index contributed by atoms with van der Waals surface area (Å²) in [4.78, 5) is 11.9. The number of carbonyl (C=O) groups excluding carboxylic acids is 1. The van der Waals surface area contributed by atoms with Gasteiger partial charge >= 0.3 is 0 Å². The van der Waals surface area contributed by atoms with E-state index in [0.717, 1.165) is 0 Å². The van der Waals surface area contributed by atoms with Crippen molar-refractivity contribution in [2.24, 2.45) is 5.10 Å². The van der Waals surface area contributed by atoms with Crippen LogP contribution >= 0.6 is 15.9 Å². The molecule has 0 heterocycles. The molecular formula is C15H12BrFN2O. The zero-order valence-electron chi connectivity index (χ0n) is 10.7. The number of benzene rings is 2. The Balaban J connectivity index is 2.16. The second-order valence-corrected chi connectivity index (χ2v) is 4.95. The van der Waals surface area contributed by atoms with Crippen LogP contribution < -0.4 is 5.43 Å². The second-order valence-electron chi connectivity index (χ2n) is 4.10. The molecule has 3 nitrogen and oxygen atoms in total. The van der Waals surface area contributed by atoms with Crippen LogP contribution in [0.2, 0.25) is 0 Å². The molecule has 0 aliphatic rings. The molecule has 0 saturated carbocycles. The van der Waals surface area contributed by atoms with Crippen molar-refractivity contribution in [3.05, 3.63) is 69.9 Å². The molecule has 20 heavy (non-hydrogen) atoms. The number of nitrogens with zero attached hydrogens (tertiary/aromatic N) is 1. The molecule has 0 aliphatic carbocycles. The van der Waals surface area contributed by atoms with Crippen LogP contribution in [0.4, 0.5) is 4.39 Å². The van der Waals surface area contributed by atoms with E-state index in [2.05, 4.69) is 26.5 Å². The first-order valence-electron chi connectivity index (χ1n) is 5.93. The third-order valence-corrected chi connectivity index (χ3v) is 3.40. The van der Waals surface area contributed by atoms with Crippen LogP contribution in [-0.2, 0) is 0 Å². The smallest absolute Gasteiger partial charge is 0.267 e. The highest BCUT2D eigenvalue weighted by atomic mass is 79.9. The van der Waals surface area contributed by atoms with Crippen LogP contribution in [0.3, 0.4) is 0 Å². The maximum Gasteiger partial charge on any atom is 0.272 e. The summed E-state index contributed by atoms with van der Waals surface area (Å²) in [7, 11) is 0. The van der Waals surface area contributed by atoms with E-state index in [1.807, 2.05) is 6.07 Å². The van der Waals surface area contributed by atoms with E-state index in [4.69, 9.17) is 0 Å². The molecule has 5 heteroatoms. The van der Waals surface area contributed by atoms with Crippen molar-refractivity contribution >= 4 is 27.5 Å². The number of nitrogens with one attached hydrogen (secondary N) is 1. The van der Waals surface area contributed by atoms with E-state index >= 15 is 0 Å². The predicted octanol–water partition coefficient (Wildman–Crippen LogP) is 3.74. The van der Waals surface area contributed by atoms with Crippen molar-refractivity contribution in [3.63, 3.8) is 0 Å². The van der Waals surface area contributed by atoms with Gasteiger partial charge in [0, 0.05) is 10.0 Å². The van der Waals surface area contributed by atoms with Gasteiger partial charge in [-0.05, 0) is 41.1 Å². The van der Waals surface area contributed by atoms with Crippen molar-refractivity contribution in [1.82, 2.24) is 5.43 Å². The highest BCUT2D eigenvalue weighted by Gasteiger charge is 2.09. The molecule has 2 aromatic carbocycles. The minimum atomic E-state index is -0.371. The van der Waals surface area contributed by atoms with Crippen LogP contribution in [-0.4, -0.2) is 11.6 Å². The number of rotatable bonds is 3. The average Bonchev–Trinajstić information content (AvgIpc) is 2.45. The van der Waals surface area contributed by atoms with Gasteiger partial charge in [0.1, 0.15) is 5.82 Å². The topological polar surface area (TPSA) is 41.5 Å². The molecule has 0 aliphatic heterocycles. The normalized spacial score (nSPS) is 11.2. The van der Waals surface area contributed by atoms with E-state index < -0.39 is 0 Å². The fraction of sp³-hybridized carbons (Fsp3) is 0.0667. The second kappa shape index (κ2) is 6.43. The molecule has 0 fully saturated rings. The predicted molar refractivity (Wildman–Crippen MR) is 80.2 cm³/mol. The molecule has 0 spiro atoms. The van der Waals surface area contributed by atoms with Gasteiger partial charge in [-0.25, -0.2) is 9.82 Å². The molecule has 0 radical (unpaired) electrons. The Bertz CT molecular complexity index is 670. The highest BCUT2D eigenvalue weighted by molar-refractivity contribution is 9.10. The molecule has 0 bridgehead atoms. The Morgan fingerprint density at radius 2 is 1.70 bits per heavy atom. The lowest BCUT2D eigenvalue weighted by atomic mass is 10.1. The third-order valence-electron chi connectivity index (χ3n) is 2.71. The molecule has 0 atom stereocenters. The van der Waals surface area contributed by atoms with Gasteiger partial charge in [-0.1, -0.05) is 30.3 Å². The molecule has 102 valence electrons. The van der Waals surface area contributed by atoms with E-state index in [9.17, 15) is 9.18 Å².